The number of benzene rings is 2. The van der Waals surface area contributed by atoms with Gasteiger partial charge in [-0.05, 0) is 41.8 Å². The quantitative estimate of drug-likeness (QED) is 0.856. The van der Waals surface area contributed by atoms with Gasteiger partial charge >= 0.3 is 0 Å². The molecule has 2 aromatic carbocycles. The number of hydrogen-bond acceptors (Lipinski definition) is 2. The van der Waals surface area contributed by atoms with Gasteiger partial charge in [0.05, 0.1) is 0 Å². The summed E-state index contributed by atoms with van der Waals surface area (Å²) in [7, 11) is 0. The second-order valence-electron chi connectivity index (χ2n) is 4.56. The van der Waals surface area contributed by atoms with Gasteiger partial charge in [-0.25, -0.2) is 4.39 Å². The first-order valence-corrected chi connectivity index (χ1v) is 6.46. The van der Waals surface area contributed by atoms with Crippen LogP contribution in [-0.4, -0.2) is 5.11 Å². The van der Waals surface area contributed by atoms with Crippen LogP contribution in [0.3, 0.4) is 0 Å². The Morgan fingerprint density at radius 2 is 1.89 bits per heavy atom. The molecule has 0 radical (unpaired) electrons. The van der Waals surface area contributed by atoms with Crippen LogP contribution in [0.25, 0.3) is 0 Å². The molecule has 0 aliphatic heterocycles. The molecule has 2 rings (SSSR count). The van der Waals surface area contributed by atoms with E-state index in [1.165, 1.54) is 6.07 Å². The van der Waals surface area contributed by atoms with E-state index in [-0.39, 0.29) is 17.6 Å². The van der Waals surface area contributed by atoms with Crippen molar-refractivity contribution in [1.29, 1.82) is 0 Å². The van der Waals surface area contributed by atoms with E-state index in [9.17, 15) is 9.50 Å². The van der Waals surface area contributed by atoms with Crippen molar-refractivity contribution in [2.75, 3.05) is 0 Å². The van der Waals surface area contributed by atoms with Gasteiger partial charge in [-0.15, -0.1) is 0 Å². The van der Waals surface area contributed by atoms with Crippen molar-refractivity contribution in [3.8, 4) is 5.75 Å². The number of phenolic OH excluding ortho intramolecular Hbond substituents is 1. The van der Waals surface area contributed by atoms with Gasteiger partial charge in [-0.1, -0.05) is 31.2 Å². The molecule has 0 amide bonds. The number of hydrogen-bond donors (Lipinski definition) is 2. The van der Waals surface area contributed by atoms with E-state index in [1.54, 1.807) is 24.3 Å². The molecule has 0 aliphatic carbocycles. The third kappa shape index (κ3) is 3.80. The van der Waals surface area contributed by atoms with Crippen LogP contribution in [0.4, 0.5) is 4.39 Å². The van der Waals surface area contributed by atoms with Crippen molar-refractivity contribution in [3.63, 3.8) is 0 Å². The van der Waals surface area contributed by atoms with Crippen molar-refractivity contribution in [1.82, 2.24) is 5.32 Å². The zero-order valence-electron chi connectivity index (χ0n) is 10.9. The zero-order chi connectivity index (χ0) is 13.7. The van der Waals surface area contributed by atoms with Crippen molar-refractivity contribution in [2.24, 2.45) is 0 Å². The summed E-state index contributed by atoms with van der Waals surface area (Å²) < 4.78 is 13.2. The zero-order valence-corrected chi connectivity index (χ0v) is 10.9. The summed E-state index contributed by atoms with van der Waals surface area (Å²) >= 11 is 0. The number of halogens is 1. The minimum atomic E-state index is -0.206. The van der Waals surface area contributed by atoms with Crippen LogP contribution in [0, 0.1) is 5.82 Å². The van der Waals surface area contributed by atoms with Crippen LogP contribution in [0.15, 0.2) is 48.5 Å². The molecule has 3 heteroatoms. The molecule has 0 bridgehead atoms. The lowest BCUT2D eigenvalue weighted by Crippen LogP contribution is -2.20. The minimum absolute atomic E-state index is 0.129. The Morgan fingerprint density at radius 1 is 1.16 bits per heavy atom. The Morgan fingerprint density at radius 3 is 2.53 bits per heavy atom. The lowest BCUT2D eigenvalue weighted by molar-refractivity contribution is 0.474. The number of nitrogens with one attached hydrogen (secondary N) is 1. The Hall–Kier alpha value is -1.87. The first kappa shape index (κ1) is 13.6. The molecule has 0 aromatic heterocycles. The van der Waals surface area contributed by atoms with Crippen molar-refractivity contribution >= 4 is 0 Å². The fourth-order valence-electron chi connectivity index (χ4n) is 2.08. The highest BCUT2D eigenvalue weighted by Crippen LogP contribution is 2.18. The first-order valence-electron chi connectivity index (χ1n) is 6.46. The van der Waals surface area contributed by atoms with Gasteiger partial charge in [-0.3, -0.25) is 0 Å². The van der Waals surface area contributed by atoms with Gasteiger partial charge in [0.25, 0.3) is 0 Å². The molecule has 0 saturated carbocycles. The van der Waals surface area contributed by atoms with Crippen LogP contribution in [0.5, 0.6) is 5.75 Å². The summed E-state index contributed by atoms with van der Waals surface area (Å²) in [5.74, 6) is 0.0586. The first-order chi connectivity index (χ1) is 9.19. The topological polar surface area (TPSA) is 32.3 Å². The third-order valence-electron chi connectivity index (χ3n) is 3.15. The van der Waals surface area contributed by atoms with E-state index in [4.69, 9.17) is 0 Å². The van der Waals surface area contributed by atoms with Crippen LogP contribution in [0.2, 0.25) is 0 Å². The molecule has 100 valence electrons. The van der Waals surface area contributed by atoms with Crippen molar-refractivity contribution in [2.45, 2.75) is 25.9 Å². The van der Waals surface area contributed by atoms with E-state index in [0.717, 1.165) is 17.5 Å². The van der Waals surface area contributed by atoms with Gasteiger partial charge in [0.1, 0.15) is 11.6 Å². The summed E-state index contributed by atoms with van der Waals surface area (Å²) in [6.45, 7) is 2.76. The third-order valence-corrected chi connectivity index (χ3v) is 3.15. The minimum Gasteiger partial charge on any atom is -0.508 e. The monoisotopic (exact) mass is 259 g/mol. The molecule has 0 heterocycles. The molecule has 1 atom stereocenters. The second-order valence-corrected chi connectivity index (χ2v) is 4.56. The largest absolute Gasteiger partial charge is 0.508 e. The molecule has 0 aliphatic rings. The van der Waals surface area contributed by atoms with Gasteiger partial charge in [-0.2, -0.15) is 0 Å². The van der Waals surface area contributed by atoms with Gasteiger partial charge in [0, 0.05) is 12.6 Å². The Bertz CT molecular complexity index is 525. The Balaban J connectivity index is 2.01. The SMILES string of the molecule is CCC(NCc1ccc(O)cc1)c1cccc(F)c1. The highest BCUT2D eigenvalue weighted by atomic mass is 19.1. The fraction of sp³-hybridized carbons (Fsp3) is 0.250. The van der Waals surface area contributed by atoms with Gasteiger partial charge in [0.2, 0.25) is 0 Å². The molecule has 2 aromatic rings. The van der Waals surface area contributed by atoms with E-state index in [1.807, 2.05) is 18.2 Å². The summed E-state index contributed by atoms with van der Waals surface area (Å²) in [5.41, 5.74) is 2.05. The molecule has 2 nitrogen and oxygen atoms in total. The maximum atomic E-state index is 13.2. The highest BCUT2D eigenvalue weighted by molar-refractivity contribution is 5.26. The van der Waals surface area contributed by atoms with Crippen LogP contribution in [0.1, 0.15) is 30.5 Å². The summed E-state index contributed by atoms with van der Waals surface area (Å²) in [6, 6.07) is 13.9. The molecule has 2 N–H and O–H groups in total. The average molecular weight is 259 g/mol. The lowest BCUT2D eigenvalue weighted by Gasteiger charge is -2.17. The Labute approximate surface area is 112 Å². The maximum absolute atomic E-state index is 13.2. The number of rotatable bonds is 5. The number of phenols is 1. The second kappa shape index (κ2) is 6.34. The molecule has 1 unspecified atom stereocenters. The predicted molar refractivity (Wildman–Crippen MR) is 74.4 cm³/mol. The normalized spacial score (nSPS) is 12.3. The molecular formula is C16H18FNO. The average Bonchev–Trinajstić information content (AvgIpc) is 2.42. The molecule has 0 saturated heterocycles. The standard InChI is InChI=1S/C16H18FNO/c1-2-16(13-4-3-5-14(17)10-13)18-11-12-6-8-15(19)9-7-12/h3-10,16,18-19H,2,11H2,1H3. The smallest absolute Gasteiger partial charge is 0.123 e. The summed E-state index contributed by atoms with van der Waals surface area (Å²) in [5, 5.41) is 12.6. The molecular weight excluding hydrogens is 241 g/mol. The maximum Gasteiger partial charge on any atom is 0.123 e. The van der Waals surface area contributed by atoms with Crippen LogP contribution in [-0.2, 0) is 6.54 Å². The highest BCUT2D eigenvalue weighted by Gasteiger charge is 2.09. The van der Waals surface area contributed by atoms with Crippen LogP contribution < -0.4 is 5.32 Å². The van der Waals surface area contributed by atoms with E-state index >= 15 is 0 Å². The molecule has 0 fully saturated rings. The van der Waals surface area contributed by atoms with E-state index in [2.05, 4.69) is 12.2 Å². The summed E-state index contributed by atoms with van der Waals surface area (Å²) in [4.78, 5) is 0. The van der Waals surface area contributed by atoms with E-state index in [0.29, 0.717) is 6.54 Å². The Kier molecular flexibility index (Phi) is 4.53. The molecule has 0 spiro atoms. The summed E-state index contributed by atoms with van der Waals surface area (Å²) in [6.07, 6.45) is 0.890. The predicted octanol–water partition coefficient (Wildman–Crippen LogP) is 3.77. The van der Waals surface area contributed by atoms with Gasteiger partial charge in [0.15, 0.2) is 0 Å². The fourth-order valence-corrected chi connectivity index (χ4v) is 2.08. The van der Waals surface area contributed by atoms with Gasteiger partial charge < -0.3 is 10.4 Å². The lowest BCUT2D eigenvalue weighted by atomic mass is 10.0. The van der Waals surface area contributed by atoms with E-state index < -0.39 is 0 Å². The van der Waals surface area contributed by atoms with Crippen molar-refractivity contribution < 1.29 is 9.50 Å². The van der Waals surface area contributed by atoms with Crippen LogP contribution >= 0.6 is 0 Å². The van der Waals surface area contributed by atoms with Crippen molar-refractivity contribution in [3.05, 3.63) is 65.5 Å². The molecule has 19 heavy (non-hydrogen) atoms. The number of aromatic hydroxyl groups is 1.